The zero-order valence-electron chi connectivity index (χ0n) is 9.33. The number of rotatable bonds is 2. The van der Waals surface area contributed by atoms with E-state index < -0.39 is 0 Å². The van der Waals surface area contributed by atoms with E-state index in [1.54, 1.807) is 4.90 Å². The second-order valence-corrected chi connectivity index (χ2v) is 4.58. The van der Waals surface area contributed by atoms with E-state index in [9.17, 15) is 9.59 Å². The average Bonchev–Trinajstić information content (AvgIpc) is 2.31. The van der Waals surface area contributed by atoms with E-state index in [1.165, 1.54) is 4.90 Å². The zero-order chi connectivity index (χ0) is 10.9. The van der Waals surface area contributed by atoms with Crippen molar-refractivity contribution in [2.45, 2.75) is 39.7 Å². The highest BCUT2D eigenvalue weighted by Crippen LogP contribution is 2.21. The SMILES string of the molecule is CCCN1C(=O)CN(C(C)(C)C)C1=O. The van der Waals surface area contributed by atoms with Gasteiger partial charge in [0, 0.05) is 12.1 Å². The summed E-state index contributed by atoms with van der Waals surface area (Å²) < 4.78 is 0. The maximum atomic E-state index is 11.8. The lowest BCUT2D eigenvalue weighted by atomic mass is 10.1. The van der Waals surface area contributed by atoms with Crippen LogP contribution in [0.1, 0.15) is 34.1 Å². The topological polar surface area (TPSA) is 40.6 Å². The van der Waals surface area contributed by atoms with Gasteiger partial charge >= 0.3 is 6.03 Å². The molecule has 0 aliphatic carbocycles. The molecule has 0 radical (unpaired) electrons. The standard InChI is InChI=1S/C10H18N2O2/c1-5-6-11-8(13)7-12(9(11)14)10(2,3)4/h5-7H2,1-4H3. The molecule has 0 aromatic heterocycles. The molecule has 4 heteroatoms. The Bertz CT molecular complexity index is 255. The lowest BCUT2D eigenvalue weighted by Gasteiger charge is -2.30. The summed E-state index contributed by atoms with van der Waals surface area (Å²) in [4.78, 5) is 26.2. The van der Waals surface area contributed by atoms with Crippen LogP contribution in [0.3, 0.4) is 0 Å². The average molecular weight is 198 g/mol. The van der Waals surface area contributed by atoms with Crippen LogP contribution in [-0.2, 0) is 4.79 Å². The van der Waals surface area contributed by atoms with Gasteiger partial charge in [0.15, 0.2) is 0 Å². The Kier molecular flexibility index (Phi) is 2.83. The first-order chi connectivity index (χ1) is 6.38. The van der Waals surface area contributed by atoms with Crippen molar-refractivity contribution >= 4 is 11.9 Å². The summed E-state index contributed by atoms with van der Waals surface area (Å²) in [6.45, 7) is 8.53. The molecule has 1 fully saturated rings. The van der Waals surface area contributed by atoms with Crippen LogP contribution in [0, 0.1) is 0 Å². The fourth-order valence-electron chi connectivity index (χ4n) is 1.51. The van der Waals surface area contributed by atoms with Gasteiger partial charge in [0.1, 0.15) is 6.54 Å². The van der Waals surface area contributed by atoms with Crippen LogP contribution in [0.25, 0.3) is 0 Å². The highest BCUT2D eigenvalue weighted by molar-refractivity contribution is 6.02. The van der Waals surface area contributed by atoms with E-state index in [4.69, 9.17) is 0 Å². The van der Waals surface area contributed by atoms with Crippen molar-refractivity contribution in [3.63, 3.8) is 0 Å². The molecule has 1 aliphatic heterocycles. The molecule has 14 heavy (non-hydrogen) atoms. The molecule has 0 aromatic rings. The van der Waals surface area contributed by atoms with Crippen LogP contribution in [0.2, 0.25) is 0 Å². The quantitative estimate of drug-likeness (QED) is 0.630. The highest BCUT2D eigenvalue weighted by Gasteiger charge is 2.40. The van der Waals surface area contributed by atoms with Gasteiger partial charge in [-0.25, -0.2) is 4.79 Å². The summed E-state index contributed by atoms with van der Waals surface area (Å²) in [5, 5.41) is 0. The molecule has 0 bridgehead atoms. The van der Waals surface area contributed by atoms with Crippen LogP contribution < -0.4 is 0 Å². The lowest BCUT2D eigenvalue weighted by molar-refractivity contribution is -0.125. The second kappa shape index (κ2) is 3.59. The molecule has 0 spiro atoms. The van der Waals surface area contributed by atoms with Gasteiger partial charge in [-0.3, -0.25) is 9.69 Å². The van der Waals surface area contributed by atoms with Gasteiger partial charge in [0.05, 0.1) is 0 Å². The molecule has 3 amide bonds. The van der Waals surface area contributed by atoms with E-state index in [1.807, 2.05) is 27.7 Å². The molecule has 1 heterocycles. The first-order valence-electron chi connectivity index (χ1n) is 5.00. The summed E-state index contributed by atoms with van der Waals surface area (Å²) in [5.41, 5.74) is -0.269. The molecule has 1 aliphatic rings. The van der Waals surface area contributed by atoms with E-state index in [2.05, 4.69) is 0 Å². The lowest BCUT2D eigenvalue weighted by Crippen LogP contribution is -2.44. The fraction of sp³-hybridized carbons (Fsp3) is 0.800. The number of hydrogen-bond acceptors (Lipinski definition) is 2. The molecule has 1 saturated heterocycles. The minimum atomic E-state index is -0.269. The van der Waals surface area contributed by atoms with Gasteiger partial charge in [-0.2, -0.15) is 0 Å². The van der Waals surface area contributed by atoms with Crippen LogP contribution in [0.15, 0.2) is 0 Å². The summed E-state index contributed by atoms with van der Waals surface area (Å²) in [5.74, 6) is -0.0771. The number of amides is 3. The normalized spacial score (nSPS) is 18.3. The van der Waals surface area contributed by atoms with Crippen molar-refractivity contribution in [3.8, 4) is 0 Å². The van der Waals surface area contributed by atoms with Gasteiger partial charge < -0.3 is 4.90 Å². The Morgan fingerprint density at radius 2 is 1.86 bits per heavy atom. The first kappa shape index (κ1) is 11.0. The third-order valence-electron chi connectivity index (χ3n) is 2.31. The molecule has 1 rings (SSSR count). The van der Waals surface area contributed by atoms with Crippen molar-refractivity contribution in [2.75, 3.05) is 13.1 Å². The van der Waals surface area contributed by atoms with Crippen LogP contribution in [-0.4, -0.2) is 40.4 Å². The monoisotopic (exact) mass is 198 g/mol. The Labute approximate surface area is 84.9 Å². The van der Waals surface area contributed by atoms with E-state index in [-0.39, 0.29) is 24.0 Å². The number of carbonyl (C=O) groups excluding carboxylic acids is 2. The van der Waals surface area contributed by atoms with Crippen molar-refractivity contribution in [1.82, 2.24) is 9.80 Å². The third-order valence-corrected chi connectivity index (χ3v) is 2.31. The predicted octanol–water partition coefficient (Wildman–Crippen LogP) is 1.46. The zero-order valence-corrected chi connectivity index (χ0v) is 9.33. The van der Waals surface area contributed by atoms with Gasteiger partial charge in [-0.1, -0.05) is 6.92 Å². The molecule has 0 atom stereocenters. The molecular formula is C10H18N2O2. The smallest absolute Gasteiger partial charge is 0.310 e. The summed E-state index contributed by atoms with van der Waals surface area (Å²) in [7, 11) is 0. The molecular weight excluding hydrogens is 180 g/mol. The number of hydrogen-bond donors (Lipinski definition) is 0. The van der Waals surface area contributed by atoms with Crippen molar-refractivity contribution < 1.29 is 9.59 Å². The van der Waals surface area contributed by atoms with Crippen LogP contribution >= 0.6 is 0 Å². The number of urea groups is 1. The number of nitrogens with zero attached hydrogens (tertiary/aromatic N) is 2. The molecule has 0 aromatic carbocycles. The molecule has 0 N–H and O–H groups in total. The van der Waals surface area contributed by atoms with E-state index in [0.717, 1.165) is 6.42 Å². The Balaban J connectivity index is 2.79. The summed E-state index contributed by atoms with van der Waals surface area (Å²) >= 11 is 0. The summed E-state index contributed by atoms with van der Waals surface area (Å²) in [6, 6.07) is -0.149. The van der Waals surface area contributed by atoms with Gasteiger partial charge in [0.25, 0.3) is 0 Å². The minimum Gasteiger partial charge on any atom is -0.310 e. The van der Waals surface area contributed by atoms with Crippen LogP contribution in [0.4, 0.5) is 4.79 Å². The molecule has 80 valence electrons. The third kappa shape index (κ3) is 1.89. The number of carbonyl (C=O) groups is 2. The largest absolute Gasteiger partial charge is 0.327 e. The van der Waals surface area contributed by atoms with E-state index >= 15 is 0 Å². The predicted molar refractivity (Wildman–Crippen MR) is 53.9 cm³/mol. The fourth-order valence-corrected chi connectivity index (χ4v) is 1.51. The summed E-state index contributed by atoms with van der Waals surface area (Å²) in [6.07, 6.45) is 0.815. The first-order valence-corrected chi connectivity index (χ1v) is 5.00. The maximum Gasteiger partial charge on any atom is 0.327 e. The Morgan fingerprint density at radius 1 is 1.29 bits per heavy atom. The molecule has 0 saturated carbocycles. The van der Waals surface area contributed by atoms with Gasteiger partial charge in [0.2, 0.25) is 5.91 Å². The van der Waals surface area contributed by atoms with Crippen molar-refractivity contribution in [3.05, 3.63) is 0 Å². The van der Waals surface area contributed by atoms with Gasteiger partial charge in [-0.05, 0) is 27.2 Å². The van der Waals surface area contributed by atoms with Gasteiger partial charge in [-0.15, -0.1) is 0 Å². The highest BCUT2D eigenvalue weighted by atomic mass is 16.2. The maximum absolute atomic E-state index is 11.8. The molecule has 4 nitrogen and oxygen atoms in total. The Hall–Kier alpha value is -1.06. The second-order valence-electron chi connectivity index (χ2n) is 4.58. The van der Waals surface area contributed by atoms with Crippen molar-refractivity contribution in [1.29, 1.82) is 0 Å². The van der Waals surface area contributed by atoms with Crippen molar-refractivity contribution in [2.24, 2.45) is 0 Å². The minimum absolute atomic E-state index is 0.0771. The Morgan fingerprint density at radius 3 is 2.21 bits per heavy atom. The van der Waals surface area contributed by atoms with E-state index in [0.29, 0.717) is 6.54 Å². The number of imide groups is 1. The molecule has 0 unspecified atom stereocenters. The van der Waals surface area contributed by atoms with Crippen LogP contribution in [0.5, 0.6) is 0 Å².